The number of hydrogen-bond donors (Lipinski definition) is 1. The van der Waals surface area contributed by atoms with E-state index in [2.05, 4.69) is 35.5 Å². The van der Waals surface area contributed by atoms with E-state index >= 15 is 0 Å². The predicted octanol–water partition coefficient (Wildman–Crippen LogP) is 3.53. The number of anilines is 1. The molecule has 0 bridgehead atoms. The van der Waals surface area contributed by atoms with E-state index in [9.17, 15) is 9.59 Å². The van der Waals surface area contributed by atoms with Gasteiger partial charge in [-0.25, -0.2) is 0 Å². The molecule has 0 spiro atoms. The molecule has 1 fully saturated rings. The van der Waals surface area contributed by atoms with Gasteiger partial charge in [-0.1, -0.05) is 24.3 Å². The summed E-state index contributed by atoms with van der Waals surface area (Å²) in [6.07, 6.45) is 3.63. The Kier molecular flexibility index (Phi) is 6.56. The van der Waals surface area contributed by atoms with Crippen molar-refractivity contribution in [2.45, 2.75) is 31.6 Å². The van der Waals surface area contributed by atoms with Gasteiger partial charge in [0.25, 0.3) is 5.91 Å². The van der Waals surface area contributed by atoms with E-state index in [1.54, 1.807) is 25.3 Å². The highest BCUT2D eigenvalue weighted by molar-refractivity contribution is 5.98. The third-order valence-corrected chi connectivity index (χ3v) is 6.44. The quantitative estimate of drug-likeness (QED) is 0.802. The van der Waals surface area contributed by atoms with Crippen molar-refractivity contribution in [2.75, 3.05) is 45.7 Å². The first kappa shape index (κ1) is 21.4. The van der Waals surface area contributed by atoms with Crippen LogP contribution in [-0.4, -0.2) is 62.0 Å². The number of likely N-dealkylation sites (N-methyl/N-ethyl adjacent to an activating group) is 1. The van der Waals surface area contributed by atoms with Crippen LogP contribution < -0.4 is 10.1 Å². The van der Waals surface area contributed by atoms with Gasteiger partial charge in [-0.2, -0.15) is 0 Å². The lowest BCUT2D eigenvalue weighted by Gasteiger charge is -2.32. The normalized spacial score (nSPS) is 18.9. The van der Waals surface area contributed by atoms with Crippen LogP contribution in [0.2, 0.25) is 0 Å². The summed E-state index contributed by atoms with van der Waals surface area (Å²) in [6.45, 7) is 3.16. The zero-order valence-electron chi connectivity index (χ0n) is 18.4. The highest BCUT2D eigenvalue weighted by Crippen LogP contribution is 2.34. The van der Waals surface area contributed by atoms with Crippen LogP contribution in [0.1, 0.15) is 46.7 Å². The number of ether oxygens (including phenoxy) is 1. The Morgan fingerprint density at radius 1 is 1.10 bits per heavy atom. The van der Waals surface area contributed by atoms with Crippen LogP contribution >= 0.6 is 0 Å². The molecule has 0 radical (unpaired) electrons. The summed E-state index contributed by atoms with van der Waals surface area (Å²) in [4.78, 5) is 29.9. The standard InChI is InChI=1S/C25H31N3O3/c1-27-12-14-28(15-13-27)25(30)20-10-11-23(31-2)22(16-20)26-24(29)17-19-8-5-7-18-6-3-4-9-21(18)19/h3-4,6,9-11,16,19H,5,7-8,12-15,17H2,1-2H3,(H,26,29). The minimum absolute atomic E-state index is 0.00698. The Labute approximate surface area is 184 Å². The molecule has 1 aliphatic heterocycles. The van der Waals surface area contributed by atoms with Gasteiger partial charge in [-0.05, 0) is 61.6 Å². The molecule has 0 saturated carbocycles. The molecule has 2 amide bonds. The number of hydrogen-bond acceptors (Lipinski definition) is 4. The summed E-state index contributed by atoms with van der Waals surface area (Å²) >= 11 is 0. The van der Waals surface area contributed by atoms with Crippen LogP contribution in [0.15, 0.2) is 42.5 Å². The number of benzene rings is 2. The van der Waals surface area contributed by atoms with E-state index < -0.39 is 0 Å². The van der Waals surface area contributed by atoms with Crippen LogP contribution in [0.5, 0.6) is 5.75 Å². The third kappa shape index (κ3) is 4.90. The molecule has 1 heterocycles. The monoisotopic (exact) mass is 421 g/mol. The number of methoxy groups -OCH3 is 1. The van der Waals surface area contributed by atoms with E-state index in [4.69, 9.17) is 4.74 Å². The number of nitrogens with one attached hydrogen (secondary N) is 1. The van der Waals surface area contributed by atoms with E-state index in [-0.39, 0.29) is 17.7 Å². The number of amides is 2. The minimum Gasteiger partial charge on any atom is -0.495 e. The van der Waals surface area contributed by atoms with E-state index in [1.807, 2.05) is 11.0 Å². The topological polar surface area (TPSA) is 61.9 Å². The van der Waals surface area contributed by atoms with Crippen molar-refractivity contribution in [3.05, 3.63) is 59.2 Å². The fourth-order valence-corrected chi connectivity index (χ4v) is 4.62. The Morgan fingerprint density at radius 2 is 1.87 bits per heavy atom. The van der Waals surface area contributed by atoms with Crippen LogP contribution in [0.3, 0.4) is 0 Å². The predicted molar refractivity (Wildman–Crippen MR) is 122 cm³/mol. The molecule has 31 heavy (non-hydrogen) atoms. The molecule has 1 atom stereocenters. The van der Waals surface area contributed by atoms with Crippen molar-refractivity contribution in [3.8, 4) is 5.75 Å². The van der Waals surface area contributed by atoms with Gasteiger partial charge in [-0.3, -0.25) is 9.59 Å². The van der Waals surface area contributed by atoms with Crippen LogP contribution in [-0.2, 0) is 11.2 Å². The molecule has 2 aromatic carbocycles. The molecular weight excluding hydrogens is 390 g/mol. The lowest BCUT2D eigenvalue weighted by molar-refractivity contribution is -0.116. The zero-order chi connectivity index (χ0) is 21.8. The summed E-state index contributed by atoms with van der Waals surface area (Å²) in [7, 11) is 3.64. The van der Waals surface area contributed by atoms with Gasteiger partial charge in [0.15, 0.2) is 0 Å². The summed E-state index contributed by atoms with van der Waals surface area (Å²) in [5.74, 6) is 0.732. The first-order chi connectivity index (χ1) is 15.0. The Balaban J connectivity index is 1.47. The van der Waals surface area contributed by atoms with E-state index in [1.165, 1.54) is 11.1 Å². The van der Waals surface area contributed by atoms with Gasteiger partial charge in [0.1, 0.15) is 5.75 Å². The molecule has 1 saturated heterocycles. The molecular formula is C25H31N3O3. The molecule has 4 rings (SSSR count). The number of fused-ring (bicyclic) bond motifs is 1. The third-order valence-electron chi connectivity index (χ3n) is 6.44. The second-order valence-electron chi connectivity index (χ2n) is 8.55. The van der Waals surface area contributed by atoms with Gasteiger partial charge in [0.05, 0.1) is 12.8 Å². The van der Waals surface area contributed by atoms with Crippen molar-refractivity contribution in [1.29, 1.82) is 0 Å². The van der Waals surface area contributed by atoms with Gasteiger partial charge >= 0.3 is 0 Å². The molecule has 1 unspecified atom stereocenters. The second-order valence-corrected chi connectivity index (χ2v) is 8.55. The summed E-state index contributed by atoms with van der Waals surface area (Å²) in [5, 5.41) is 3.00. The van der Waals surface area contributed by atoms with E-state index in [0.717, 1.165) is 32.4 Å². The smallest absolute Gasteiger partial charge is 0.254 e. The van der Waals surface area contributed by atoms with Crippen LogP contribution in [0.25, 0.3) is 0 Å². The fourth-order valence-electron chi connectivity index (χ4n) is 4.62. The molecule has 0 aromatic heterocycles. The first-order valence-corrected chi connectivity index (χ1v) is 11.1. The maximum absolute atomic E-state index is 13.0. The van der Waals surface area contributed by atoms with Gasteiger partial charge in [0.2, 0.25) is 5.91 Å². The Morgan fingerprint density at radius 3 is 2.65 bits per heavy atom. The number of nitrogens with zero attached hydrogens (tertiary/aromatic N) is 2. The van der Waals surface area contributed by atoms with Gasteiger partial charge in [-0.15, -0.1) is 0 Å². The second kappa shape index (κ2) is 9.52. The van der Waals surface area contributed by atoms with E-state index in [0.29, 0.717) is 36.5 Å². The highest BCUT2D eigenvalue weighted by Gasteiger charge is 2.24. The average Bonchev–Trinajstić information content (AvgIpc) is 2.79. The molecule has 164 valence electrons. The lowest BCUT2D eigenvalue weighted by Crippen LogP contribution is -2.47. The molecule has 1 aliphatic carbocycles. The van der Waals surface area contributed by atoms with Gasteiger partial charge < -0.3 is 19.9 Å². The largest absolute Gasteiger partial charge is 0.495 e. The highest BCUT2D eigenvalue weighted by atomic mass is 16.5. The molecule has 1 N–H and O–H groups in total. The van der Waals surface area contributed by atoms with Crippen LogP contribution in [0, 0.1) is 0 Å². The number of aryl methyl sites for hydroxylation is 1. The van der Waals surface area contributed by atoms with Crippen molar-refractivity contribution in [3.63, 3.8) is 0 Å². The number of carbonyl (C=O) groups excluding carboxylic acids is 2. The van der Waals surface area contributed by atoms with Crippen molar-refractivity contribution in [2.24, 2.45) is 0 Å². The number of carbonyl (C=O) groups is 2. The fraction of sp³-hybridized carbons (Fsp3) is 0.440. The Hall–Kier alpha value is -2.86. The van der Waals surface area contributed by atoms with Crippen LogP contribution in [0.4, 0.5) is 5.69 Å². The number of piperazine rings is 1. The maximum Gasteiger partial charge on any atom is 0.254 e. The van der Waals surface area contributed by atoms with Crippen molar-refractivity contribution < 1.29 is 14.3 Å². The molecule has 2 aliphatic rings. The maximum atomic E-state index is 13.0. The Bertz CT molecular complexity index is 951. The van der Waals surface area contributed by atoms with Crippen molar-refractivity contribution in [1.82, 2.24) is 9.80 Å². The van der Waals surface area contributed by atoms with Gasteiger partial charge in [0, 0.05) is 38.2 Å². The van der Waals surface area contributed by atoms with Crippen molar-refractivity contribution >= 4 is 17.5 Å². The zero-order valence-corrected chi connectivity index (χ0v) is 18.4. The molecule has 2 aromatic rings. The number of rotatable bonds is 5. The summed E-state index contributed by atoms with van der Waals surface area (Å²) in [5.41, 5.74) is 3.76. The molecule has 6 heteroatoms. The summed E-state index contributed by atoms with van der Waals surface area (Å²) < 4.78 is 5.44. The summed E-state index contributed by atoms with van der Waals surface area (Å²) in [6, 6.07) is 13.7. The minimum atomic E-state index is -0.0517. The average molecular weight is 422 g/mol. The SMILES string of the molecule is COc1ccc(C(=O)N2CCN(C)CC2)cc1NC(=O)CC1CCCc2ccccc21. The lowest BCUT2D eigenvalue weighted by atomic mass is 9.81. The first-order valence-electron chi connectivity index (χ1n) is 11.1. The molecule has 6 nitrogen and oxygen atoms in total.